The third-order valence-corrected chi connectivity index (χ3v) is 3.19. The molecule has 4 nitrogen and oxygen atoms in total. The second kappa shape index (κ2) is 8.59. The Bertz CT molecular complexity index is 401. The summed E-state index contributed by atoms with van der Waals surface area (Å²) in [6.45, 7) is 10.2. The molecule has 1 unspecified atom stereocenters. The van der Waals surface area contributed by atoms with Gasteiger partial charge in [-0.3, -0.25) is 0 Å². The SMILES string of the molecule is CCNC(C)c1ccc(NC(=O)NCCC(C)C)cc1. The standard InChI is InChI=1S/C16H27N3O/c1-5-17-13(4)14-6-8-15(9-7-14)19-16(20)18-11-10-12(2)3/h6-9,12-13,17H,5,10-11H2,1-4H3,(H2,18,19,20). The van der Waals surface area contributed by atoms with Crippen LogP contribution in [0.15, 0.2) is 24.3 Å². The van der Waals surface area contributed by atoms with Gasteiger partial charge in [-0.25, -0.2) is 4.79 Å². The summed E-state index contributed by atoms with van der Waals surface area (Å²) in [7, 11) is 0. The van der Waals surface area contributed by atoms with Gasteiger partial charge in [0.1, 0.15) is 0 Å². The molecule has 0 aliphatic rings. The van der Waals surface area contributed by atoms with Crippen molar-refractivity contribution < 1.29 is 4.79 Å². The van der Waals surface area contributed by atoms with Crippen LogP contribution in [-0.2, 0) is 0 Å². The van der Waals surface area contributed by atoms with E-state index in [0.717, 1.165) is 18.7 Å². The molecule has 112 valence electrons. The lowest BCUT2D eigenvalue weighted by Crippen LogP contribution is -2.30. The number of nitrogens with one attached hydrogen (secondary N) is 3. The molecule has 0 heterocycles. The van der Waals surface area contributed by atoms with Gasteiger partial charge in [-0.1, -0.05) is 32.9 Å². The molecule has 0 aliphatic carbocycles. The number of amides is 2. The van der Waals surface area contributed by atoms with Crippen molar-refractivity contribution in [1.82, 2.24) is 10.6 Å². The van der Waals surface area contributed by atoms with Gasteiger partial charge in [-0.15, -0.1) is 0 Å². The van der Waals surface area contributed by atoms with Gasteiger partial charge >= 0.3 is 6.03 Å². The summed E-state index contributed by atoms with van der Waals surface area (Å²) in [6, 6.07) is 8.14. The first-order valence-corrected chi connectivity index (χ1v) is 7.41. The summed E-state index contributed by atoms with van der Waals surface area (Å²) in [4.78, 5) is 11.7. The number of hydrogen-bond acceptors (Lipinski definition) is 2. The Kier molecular flexibility index (Phi) is 7.09. The molecule has 0 fully saturated rings. The van der Waals surface area contributed by atoms with Gasteiger partial charge in [0.25, 0.3) is 0 Å². The van der Waals surface area contributed by atoms with Gasteiger partial charge in [0.2, 0.25) is 0 Å². The molecule has 0 spiro atoms. The minimum absolute atomic E-state index is 0.141. The highest BCUT2D eigenvalue weighted by Gasteiger charge is 2.05. The fourth-order valence-electron chi connectivity index (χ4n) is 1.93. The van der Waals surface area contributed by atoms with E-state index in [1.807, 2.05) is 24.3 Å². The van der Waals surface area contributed by atoms with Crippen LogP contribution in [0.1, 0.15) is 45.7 Å². The fraction of sp³-hybridized carbons (Fsp3) is 0.562. The highest BCUT2D eigenvalue weighted by molar-refractivity contribution is 5.89. The molecule has 1 atom stereocenters. The van der Waals surface area contributed by atoms with E-state index < -0.39 is 0 Å². The lowest BCUT2D eigenvalue weighted by Gasteiger charge is -2.13. The van der Waals surface area contributed by atoms with Crippen LogP contribution in [0.3, 0.4) is 0 Å². The van der Waals surface area contributed by atoms with Crippen LogP contribution < -0.4 is 16.0 Å². The first kappa shape index (κ1) is 16.5. The molecular formula is C16H27N3O. The Balaban J connectivity index is 2.42. The lowest BCUT2D eigenvalue weighted by atomic mass is 10.1. The number of urea groups is 1. The summed E-state index contributed by atoms with van der Waals surface area (Å²) >= 11 is 0. The van der Waals surface area contributed by atoms with Crippen molar-refractivity contribution in [3.05, 3.63) is 29.8 Å². The maximum Gasteiger partial charge on any atom is 0.319 e. The summed E-state index contributed by atoms with van der Waals surface area (Å²) in [5.41, 5.74) is 2.04. The summed E-state index contributed by atoms with van der Waals surface area (Å²) in [5, 5.41) is 9.06. The van der Waals surface area contributed by atoms with E-state index in [9.17, 15) is 4.79 Å². The quantitative estimate of drug-likeness (QED) is 0.714. The minimum Gasteiger partial charge on any atom is -0.338 e. The van der Waals surface area contributed by atoms with Crippen molar-refractivity contribution in [2.45, 2.75) is 40.2 Å². The first-order valence-electron chi connectivity index (χ1n) is 7.41. The third-order valence-electron chi connectivity index (χ3n) is 3.19. The Morgan fingerprint density at radius 1 is 1.15 bits per heavy atom. The predicted octanol–water partition coefficient (Wildman–Crippen LogP) is 3.52. The number of anilines is 1. The predicted molar refractivity (Wildman–Crippen MR) is 85.0 cm³/mol. The van der Waals surface area contributed by atoms with Crippen LogP contribution in [0.4, 0.5) is 10.5 Å². The highest BCUT2D eigenvalue weighted by Crippen LogP contribution is 2.15. The Labute approximate surface area is 122 Å². The smallest absolute Gasteiger partial charge is 0.319 e. The zero-order chi connectivity index (χ0) is 15.0. The first-order chi connectivity index (χ1) is 9.52. The number of carbonyl (C=O) groups is 1. The summed E-state index contributed by atoms with van der Waals surface area (Å²) < 4.78 is 0. The maximum atomic E-state index is 11.7. The molecule has 1 aromatic carbocycles. The van der Waals surface area contributed by atoms with Crippen LogP contribution in [0.25, 0.3) is 0 Å². The van der Waals surface area contributed by atoms with E-state index in [2.05, 4.69) is 43.6 Å². The van der Waals surface area contributed by atoms with Crippen molar-refractivity contribution in [2.75, 3.05) is 18.4 Å². The van der Waals surface area contributed by atoms with E-state index in [0.29, 0.717) is 18.5 Å². The number of hydrogen-bond donors (Lipinski definition) is 3. The zero-order valence-corrected chi connectivity index (χ0v) is 13.0. The highest BCUT2D eigenvalue weighted by atomic mass is 16.2. The topological polar surface area (TPSA) is 53.2 Å². The van der Waals surface area contributed by atoms with Gasteiger partial charge in [0.05, 0.1) is 0 Å². The molecule has 1 aromatic rings. The van der Waals surface area contributed by atoms with Crippen molar-refractivity contribution in [1.29, 1.82) is 0 Å². The van der Waals surface area contributed by atoms with Crippen LogP contribution in [0.5, 0.6) is 0 Å². The third kappa shape index (κ3) is 6.06. The van der Waals surface area contributed by atoms with Gasteiger partial charge in [0.15, 0.2) is 0 Å². The van der Waals surface area contributed by atoms with E-state index in [1.54, 1.807) is 0 Å². The van der Waals surface area contributed by atoms with Gasteiger partial charge < -0.3 is 16.0 Å². The van der Waals surface area contributed by atoms with Crippen LogP contribution in [0.2, 0.25) is 0 Å². The Hall–Kier alpha value is -1.55. The Morgan fingerprint density at radius 3 is 2.35 bits per heavy atom. The molecular weight excluding hydrogens is 250 g/mol. The summed E-state index contributed by atoms with van der Waals surface area (Å²) in [6.07, 6.45) is 0.993. The second-order valence-corrected chi connectivity index (χ2v) is 5.46. The normalized spacial score (nSPS) is 12.2. The van der Waals surface area contributed by atoms with E-state index in [1.165, 1.54) is 5.56 Å². The van der Waals surface area contributed by atoms with Crippen LogP contribution in [-0.4, -0.2) is 19.1 Å². The van der Waals surface area contributed by atoms with Crippen molar-refractivity contribution >= 4 is 11.7 Å². The number of carbonyl (C=O) groups excluding carboxylic acids is 1. The van der Waals surface area contributed by atoms with Crippen LogP contribution >= 0.6 is 0 Å². The molecule has 0 saturated heterocycles. The number of benzene rings is 1. The summed E-state index contributed by atoms with van der Waals surface area (Å²) in [5.74, 6) is 0.599. The van der Waals surface area contributed by atoms with Gasteiger partial charge in [0, 0.05) is 18.3 Å². The minimum atomic E-state index is -0.141. The Morgan fingerprint density at radius 2 is 1.80 bits per heavy atom. The molecule has 1 rings (SSSR count). The molecule has 20 heavy (non-hydrogen) atoms. The number of rotatable bonds is 7. The molecule has 0 radical (unpaired) electrons. The molecule has 4 heteroatoms. The molecule has 3 N–H and O–H groups in total. The van der Waals surface area contributed by atoms with E-state index in [-0.39, 0.29) is 6.03 Å². The average molecular weight is 277 g/mol. The maximum absolute atomic E-state index is 11.7. The zero-order valence-electron chi connectivity index (χ0n) is 13.0. The monoisotopic (exact) mass is 277 g/mol. The molecule has 2 amide bonds. The molecule has 0 aliphatic heterocycles. The van der Waals surface area contributed by atoms with Gasteiger partial charge in [-0.2, -0.15) is 0 Å². The second-order valence-electron chi connectivity index (χ2n) is 5.46. The van der Waals surface area contributed by atoms with Crippen molar-refractivity contribution in [3.8, 4) is 0 Å². The molecule has 0 bridgehead atoms. The lowest BCUT2D eigenvalue weighted by molar-refractivity contribution is 0.251. The largest absolute Gasteiger partial charge is 0.338 e. The van der Waals surface area contributed by atoms with E-state index >= 15 is 0 Å². The van der Waals surface area contributed by atoms with Gasteiger partial charge in [-0.05, 0) is 43.5 Å². The van der Waals surface area contributed by atoms with E-state index in [4.69, 9.17) is 0 Å². The molecule has 0 saturated carbocycles. The fourth-order valence-corrected chi connectivity index (χ4v) is 1.93. The molecule has 0 aromatic heterocycles. The van der Waals surface area contributed by atoms with Crippen molar-refractivity contribution in [2.24, 2.45) is 5.92 Å². The average Bonchev–Trinajstić information content (AvgIpc) is 2.39. The van der Waals surface area contributed by atoms with Crippen LogP contribution in [0, 0.1) is 5.92 Å². The van der Waals surface area contributed by atoms with Crippen molar-refractivity contribution in [3.63, 3.8) is 0 Å².